The van der Waals surface area contributed by atoms with Gasteiger partial charge < -0.3 is 20.9 Å². The topological polar surface area (TPSA) is 94.2 Å². The van der Waals surface area contributed by atoms with E-state index in [2.05, 4.69) is 37.8 Å². The first kappa shape index (κ1) is 24.6. The van der Waals surface area contributed by atoms with Gasteiger partial charge in [0.2, 0.25) is 0 Å². The van der Waals surface area contributed by atoms with Gasteiger partial charge in [-0.3, -0.25) is 9.79 Å². The number of hydrogen-bond acceptors (Lipinski definition) is 3. The minimum absolute atomic E-state index is 0. The number of rotatable bonds is 9. The predicted molar refractivity (Wildman–Crippen MR) is 137 cm³/mol. The molecule has 1 aromatic heterocycles. The number of benzene rings is 2. The maximum Gasteiger partial charge on any atom is 0.251 e. The third kappa shape index (κ3) is 7.54. The van der Waals surface area contributed by atoms with Gasteiger partial charge in [0.1, 0.15) is 5.82 Å². The molecule has 0 aliphatic carbocycles. The summed E-state index contributed by atoms with van der Waals surface area (Å²) < 4.78 is 0. The lowest BCUT2D eigenvalue weighted by Crippen LogP contribution is -2.38. The number of aromatic nitrogens is 2. The number of carbonyl (C=O) groups excluding carboxylic acids is 1. The van der Waals surface area contributed by atoms with E-state index in [4.69, 9.17) is 0 Å². The van der Waals surface area contributed by atoms with Crippen LogP contribution in [0.1, 0.15) is 35.1 Å². The maximum absolute atomic E-state index is 11.8. The molecular formula is C23H31IN6O. The van der Waals surface area contributed by atoms with E-state index in [-0.39, 0.29) is 29.9 Å². The molecule has 3 rings (SSSR count). The lowest BCUT2D eigenvalue weighted by Gasteiger charge is -2.11. The second-order valence-electron chi connectivity index (χ2n) is 7.02. The number of amides is 1. The van der Waals surface area contributed by atoms with Gasteiger partial charge in [-0.15, -0.1) is 24.0 Å². The summed E-state index contributed by atoms with van der Waals surface area (Å²) in [5.41, 5.74) is 3.88. The smallest absolute Gasteiger partial charge is 0.251 e. The summed E-state index contributed by atoms with van der Waals surface area (Å²) in [6.45, 7) is 4.32. The number of aliphatic imine (C=N–C) groups is 1. The fourth-order valence-electron chi connectivity index (χ4n) is 3.24. The van der Waals surface area contributed by atoms with Crippen molar-refractivity contribution in [1.29, 1.82) is 0 Å². The second-order valence-corrected chi connectivity index (χ2v) is 7.02. The van der Waals surface area contributed by atoms with E-state index in [0.29, 0.717) is 5.56 Å². The first-order valence-electron chi connectivity index (χ1n) is 10.5. The molecule has 0 aliphatic heterocycles. The zero-order valence-electron chi connectivity index (χ0n) is 18.1. The first-order chi connectivity index (χ1) is 14.7. The highest BCUT2D eigenvalue weighted by Crippen LogP contribution is 2.11. The van der Waals surface area contributed by atoms with Crippen LogP contribution < -0.4 is 16.0 Å². The normalized spacial score (nSPS) is 11.1. The van der Waals surface area contributed by atoms with Gasteiger partial charge >= 0.3 is 0 Å². The fourth-order valence-corrected chi connectivity index (χ4v) is 3.24. The van der Waals surface area contributed by atoms with Crippen molar-refractivity contribution in [1.82, 2.24) is 25.9 Å². The third-order valence-electron chi connectivity index (χ3n) is 4.75. The molecule has 0 spiro atoms. The summed E-state index contributed by atoms with van der Waals surface area (Å²) in [4.78, 5) is 24.4. The van der Waals surface area contributed by atoms with Gasteiger partial charge in [0.15, 0.2) is 5.96 Å². The van der Waals surface area contributed by atoms with Crippen LogP contribution in [0.5, 0.6) is 0 Å². The molecule has 1 heterocycles. The molecule has 0 aliphatic rings. The Kier molecular flexibility index (Phi) is 10.3. The van der Waals surface area contributed by atoms with Crippen molar-refractivity contribution in [3.05, 3.63) is 65.5 Å². The van der Waals surface area contributed by atoms with Gasteiger partial charge in [0.25, 0.3) is 5.91 Å². The zero-order valence-corrected chi connectivity index (χ0v) is 20.4. The second kappa shape index (κ2) is 12.9. The fraction of sp³-hybridized carbons (Fsp3) is 0.348. The molecule has 0 saturated carbocycles. The number of nitrogens with one attached hydrogen (secondary N) is 4. The number of aromatic amines is 1. The zero-order chi connectivity index (χ0) is 21.2. The van der Waals surface area contributed by atoms with E-state index in [9.17, 15) is 4.79 Å². The number of fused-ring (bicyclic) bond motifs is 1. The minimum atomic E-state index is -0.0656. The molecule has 8 heteroatoms. The average molecular weight is 534 g/mol. The van der Waals surface area contributed by atoms with E-state index in [1.165, 1.54) is 0 Å². The summed E-state index contributed by atoms with van der Waals surface area (Å²) in [6, 6.07) is 15.8. The van der Waals surface area contributed by atoms with Gasteiger partial charge in [0.05, 0.1) is 11.0 Å². The number of imidazole rings is 1. The largest absolute Gasteiger partial charge is 0.357 e. The predicted octanol–water partition coefficient (Wildman–Crippen LogP) is 3.27. The van der Waals surface area contributed by atoms with Crippen LogP contribution in [-0.4, -0.2) is 48.5 Å². The Bertz CT molecular complexity index is 967. The minimum Gasteiger partial charge on any atom is -0.357 e. The van der Waals surface area contributed by atoms with Crippen molar-refractivity contribution in [2.75, 3.05) is 26.7 Å². The molecule has 0 radical (unpaired) electrons. The van der Waals surface area contributed by atoms with E-state index in [1.807, 2.05) is 48.5 Å². The van der Waals surface area contributed by atoms with E-state index < -0.39 is 0 Å². The number of hydrogen-bond donors (Lipinski definition) is 4. The molecule has 166 valence electrons. The lowest BCUT2D eigenvalue weighted by molar-refractivity contribution is 0.0963. The van der Waals surface area contributed by atoms with Gasteiger partial charge in [-0.25, -0.2) is 4.98 Å². The third-order valence-corrected chi connectivity index (χ3v) is 4.75. The van der Waals surface area contributed by atoms with Gasteiger partial charge in [-0.05, 0) is 49.6 Å². The molecule has 0 atom stereocenters. The van der Waals surface area contributed by atoms with Crippen LogP contribution in [0.25, 0.3) is 11.0 Å². The number of carbonyl (C=O) groups is 1. The average Bonchev–Trinajstić information content (AvgIpc) is 3.19. The molecule has 1 amide bonds. The van der Waals surface area contributed by atoms with E-state index in [0.717, 1.165) is 67.3 Å². The van der Waals surface area contributed by atoms with Crippen molar-refractivity contribution < 1.29 is 4.79 Å². The Hall–Kier alpha value is -2.62. The molecular weight excluding hydrogens is 503 g/mol. The lowest BCUT2D eigenvalue weighted by atomic mass is 10.1. The highest BCUT2D eigenvalue weighted by atomic mass is 127. The van der Waals surface area contributed by atoms with E-state index >= 15 is 0 Å². The maximum atomic E-state index is 11.8. The van der Waals surface area contributed by atoms with Crippen molar-refractivity contribution in [2.45, 2.75) is 26.2 Å². The summed E-state index contributed by atoms with van der Waals surface area (Å²) >= 11 is 0. The van der Waals surface area contributed by atoms with Crippen LogP contribution in [0.15, 0.2) is 53.5 Å². The standard InChI is InChI=1S/C23H30N6O.HI/c1-3-25-23(27-15-13-17-8-6-9-18(16-17)22(30)24-2)26-14-7-12-21-28-19-10-4-5-11-20(19)29-21;/h4-6,8-11,16H,3,7,12-15H2,1-2H3,(H,24,30)(H,28,29)(H2,25,26,27);1H. The summed E-state index contributed by atoms with van der Waals surface area (Å²) in [5, 5.41) is 9.30. The Balaban J connectivity index is 0.00000341. The quantitative estimate of drug-likeness (QED) is 0.147. The SMILES string of the molecule is CCNC(=NCCCc1nc2ccccc2[nH]1)NCCc1cccc(C(=O)NC)c1.I. The number of halogens is 1. The molecule has 4 N–H and O–H groups in total. The van der Waals surface area contributed by atoms with Gasteiger partial charge in [0, 0.05) is 38.7 Å². The number of para-hydroxylation sites is 2. The van der Waals surface area contributed by atoms with Crippen LogP contribution >= 0.6 is 24.0 Å². The number of aryl methyl sites for hydroxylation is 1. The molecule has 0 bridgehead atoms. The van der Waals surface area contributed by atoms with Crippen molar-refractivity contribution in [3.63, 3.8) is 0 Å². The molecule has 31 heavy (non-hydrogen) atoms. The Morgan fingerprint density at radius 1 is 1.10 bits per heavy atom. The number of nitrogens with zero attached hydrogens (tertiary/aromatic N) is 2. The molecule has 0 fully saturated rings. The Labute approximate surface area is 200 Å². The van der Waals surface area contributed by atoms with Crippen LogP contribution in [0.4, 0.5) is 0 Å². The van der Waals surface area contributed by atoms with Crippen LogP contribution in [0.3, 0.4) is 0 Å². The first-order valence-corrected chi connectivity index (χ1v) is 10.5. The molecule has 0 saturated heterocycles. The molecule has 7 nitrogen and oxygen atoms in total. The van der Waals surface area contributed by atoms with Crippen LogP contribution in [-0.2, 0) is 12.8 Å². The summed E-state index contributed by atoms with van der Waals surface area (Å²) in [7, 11) is 1.64. The Morgan fingerprint density at radius 3 is 2.71 bits per heavy atom. The van der Waals surface area contributed by atoms with Crippen LogP contribution in [0.2, 0.25) is 0 Å². The summed E-state index contributed by atoms with van der Waals surface area (Å²) in [5.74, 6) is 1.74. The Morgan fingerprint density at radius 2 is 1.94 bits per heavy atom. The van der Waals surface area contributed by atoms with E-state index in [1.54, 1.807) is 7.05 Å². The van der Waals surface area contributed by atoms with Gasteiger partial charge in [-0.1, -0.05) is 24.3 Å². The van der Waals surface area contributed by atoms with Crippen molar-refractivity contribution in [2.24, 2.45) is 4.99 Å². The highest BCUT2D eigenvalue weighted by Gasteiger charge is 2.05. The molecule has 2 aromatic carbocycles. The molecule has 0 unspecified atom stereocenters. The van der Waals surface area contributed by atoms with Gasteiger partial charge in [-0.2, -0.15) is 0 Å². The van der Waals surface area contributed by atoms with Crippen molar-refractivity contribution >= 4 is 46.9 Å². The highest BCUT2D eigenvalue weighted by molar-refractivity contribution is 14.0. The summed E-state index contributed by atoms with van der Waals surface area (Å²) in [6.07, 6.45) is 2.60. The monoisotopic (exact) mass is 534 g/mol. The molecule has 3 aromatic rings. The number of guanidine groups is 1. The van der Waals surface area contributed by atoms with Crippen molar-refractivity contribution in [3.8, 4) is 0 Å². The number of H-pyrrole nitrogens is 1. The van der Waals surface area contributed by atoms with Crippen LogP contribution in [0, 0.1) is 0 Å².